The smallest absolute Gasteiger partial charge is 0.326 e. The third-order valence-electron chi connectivity index (χ3n) is 7.59. The number of carbonyl (C=O) groups is 4. The number of carbonyl (C=O) groups excluding carboxylic acids is 2. The number of fused-ring (bicyclic) bond motifs is 1. The first-order chi connectivity index (χ1) is 18.2. The number of unbranched alkanes of at least 4 members (excludes halogenated alkanes) is 1. The van der Waals surface area contributed by atoms with Crippen LogP contribution in [0.15, 0.2) is 24.5 Å². The van der Waals surface area contributed by atoms with E-state index < -0.39 is 48.1 Å². The Morgan fingerprint density at radius 1 is 1.05 bits per heavy atom. The van der Waals surface area contributed by atoms with Gasteiger partial charge in [0.1, 0.15) is 24.4 Å². The molecule has 12 heteroatoms. The fraction of sp³-hybridized carbons (Fsp3) is 0.654. The molecule has 0 spiro atoms. The number of likely N-dealkylation sites (tertiary alicyclic amines) is 1. The first kappa shape index (κ1) is 29.5. The predicted octanol–water partition coefficient (Wildman–Crippen LogP) is 0.695. The minimum Gasteiger partial charge on any atom is -0.480 e. The summed E-state index contributed by atoms with van der Waals surface area (Å²) >= 11 is 0. The van der Waals surface area contributed by atoms with Gasteiger partial charge in [-0.15, -0.1) is 0 Å². The number of aliphatic hydroxyl groups excluding tert-OH is 1. The summed E-state index contributed by atoms with van der Waals surface area (Å²) in [4.78, 5) is 55.1. The largest absolute Gasteiger partial charge is 0.480 e. The Balaban J connectivity index is 1.63. The van der Waals surface area contributed by atoms with E-state index >= 15 is 0 Å². The summed E-state index contributed by atoms with van der Waals surface area (Å²) in [5.41, 5.74) is 5.82. The van der Waals surface area contributed by atoms with Crippen molar-refractivity contribution >= 4 is 23.8 Å². The van der Waals surface area contributed by atoms with Crippen LogP contribution in [-0.4, -0.2) is 85.9 Å². The third-order valence-corrected chi connectivity index (χ3v) is 7.59. The zero-order chi connectivity index (χ0) is 27.7. The number of amides is 2. The molecule has 1 aromatic heterocycles. The Morgan fingerprint density at radius 3 is 2.47 bits per heavy atom. The molecule has 6 atom stereocenters. The fourth-order valence-electron chi connectivity index (χ4n) is 5.65. The van der Waals surface area contributed by atoms with Crippen LogP contribution < -0.4 is 16.4 Å². The number of hydrogen-bond donors (Lipinski definition) is 6. The second-order valence-corrected chi connectivity index (χ2v) is 10.2. The van der Waals surface area contributed by atoms with Gasteiger partial charge in [-0.05, 0) is 76.0 Å². The highest BCUT2D eigenvalue weighted by molar-refractivity contribution is 5.97. The Kier molecular flexibility index (Phi) is 11.0. The highest BCUT2D eigenvalue weighted by Gasteiger charge is 2.47. The monoisotopic (exact) mass is 533 g/mol. The minimum atomic E-state index is -1.32. The number of carboxylic acids is 2. The molecule has 2 aliphatic rings. The SMILES string of the molecule is NCCCC[C@H](NC(=O)c1cccnc1)C(=O)N[C@H](CC[C@@H](O)N1[C@H](C(=O)O)C[C@@H]2CCCC[C@@H]21)C(=O)O. The van der Waals surface area contributed by atoms with Gasteiger partial charge in [0.25, 0.3) is 5.91 Å². The lowest BCUT2D eigenvalue weighted by molar-refractivity contribution is -0.149. The first-order valence-corrected chi connectivity index (χ1v) is 13.3. The molecule has 1 saturated heterocycles. The number of nitrogens with two attached hydrogens (primary N) is 1. The maximum atomic E-state index is 13.1. The van der Waals surface area contributed by atoms with Crippen molar-refractivity contribution in [2.24, 2.45) is 11.7 Å². The van der Waals surface area contributed by atoms with Crippen LogP contribution in [-0.2, 0) is 14.4 Å². The molecule has 1 aliphatic carbocycles. The Morgan fingerprint density at radius 2 is 1.82 bits per heavy atom. The van der Waals surface area contributed by atoms with Crippen LogP contribution in [0.5, 0.6) is 0 Å². The number of rotatable bonds is 14. The highest BCUT2D eigenvalue weighted by atomic mass is 16.4. The number of aromatic nitrogens is 1. The molecule has 210 valence electrons. The van der Waals surface area contributed by atoms with Crippen LogP contribution in [0.4, 0.5) is 0 Å². The van der Waals surface area contributed by atoms with Gasteiger partial charge in [0.05, 0.1) is 5.56 Å². The molecular formula is C26H39N5O7. The Hall–Kier alpha value is -3.09. The Bertz CT molecular complexity index is 963. The maximum absolute atomic E-state index is 13.1. The third kappa shape index (κ3) is 7.71. The number of hydrogen-bond acceptors (Lipinski definition) is 8. The van der Waals surface area contributed by atoms with Gasteiger partial charge < -0.3 is 31.7 Å². The van der Waals surface area contributed by atoms with Crippen molar-refractivity contribution in [2.45, 2.75) is 94.6 Å². The summed E-state index contributed by atoms with van der Waals surface area (Å²) in [6.07, 6.45) is 7.23. The molecule has 0 unspecified atom stereocenters. The molecule has 0 radical (unpaired) electrons. The van der Waals surface area contributed by atoms with Crippen molar-refractivity contribution in [3.8, 4) is 0 Å². The van der Waals surface area contributed by atoms with Gasteiger partial charge in [0.2, 0.25) is 5.91 Å². The average Bonchev–Trinajstić information content (AvgIpc) is 3.30. The number of nitrogens with zero attached hydrogens (tertiary/aromatic N) is 2. The van der Waals surface area contributed by atoms with Crippen LogP contribution in [0.2, 0.25) is 0 Å². The molecule has 1 aliphatic heterocycles. The van der Waals surface area contributed by atoms with Crippen LogP contribution in [0.1, 0.15) is 74.6 Å². The van der Waals surface area contributed by atoms with Gasteiger partial charge in [0.15, 0.2) is 0 Å². The van der Waals surface area contributed by atoms with Gasteiger partial charge in [-0.25, -0.2) is 4.79 Å². The second kappa shape index (κ2) is 14.2. The summed E-state index contributed by atoms with van der Waals surface area (Å²) in [5, 5.41) is 35.6. The summed E-state index contributed by atoms with van der Waals surface area (Å²) in [6.45, 7) is 0.413. The Labute approximate surface area is 222 Å². The van der Waals surface area contributed by atoms with E-state index in [1.165, 1.54) is 12.4 Å². The normalized spacial score (nSPS) is 23.6. The molecule has 12 nitrogen and oxygen atoms in total. The van der Waals surface area contributed by atoms with Crippen LogP contribution >= 0.6 is 0 Å². The van der Waals surface area contributed by atoms with E-state index in [9.17, 15) is 34.5 Å². The van der Waals surface area contributed by atoms with Gasteiger partial charge in [-0.2, -0.15) is 0 Å². The number of nitrogens with one attached hydrogen (secondary N) is 2. The van der Waals surface area contributed by atoms with Gasteiger partial charge in [-0.3, -0.25) is 24.3 Å². The molecule has 0 bridgehead atoms. The molecule has 7 N–H and O–H groups in total. The molecule has 1 aromatic rings. The summed E-state index contributed by atoms with van der Waals surface area (Å²) in [5.74, 6) is -3.24. The minimum absolute atomic E-state index is 0.0237. The van der Waals surface area contributed by atoms with E-state index in [1.807, 2.05) is 0 Å². The first-order valence-electron chi connectivity index (χ1n) is 13.3. The molecule has 2 amide bonds. The van der Waals surface area contributed by atoms with Crippen LogP contribution in [0.25, 0.3) is 0 Å². The lowest BCUT2D eigenvalue weighted by atomic mass is 9.84. The topological polar surface area (TPSA) is 195 Å². The fourth-order valence-corrected chi connectivity index (χ4v) is 5.65. The number of aliphatic carboxylic acids is 2. The lowest BCUT2D eigenvalue weighted by Crippen LogP contribution is -2.52. The van der Waals surface area contributed by atoms with E-state index in [4.69, 9.17) is 5.73 Å². The van der Waals surface area contributed by atoms with Crippen molar-refractivity contribution in [1.82, 2.24) is 20.5 Å². The standard InChI is InChI=1S/C26H39N5O7/c27-12-4-3-8-18(29-23(33)17-7-5-13-28-15-17)24(34)30-19(25(35)36)10-11-22(32)31-20-9-2-1-6-16(20)14-21(31)26(37)38/h5,7,13,15-16,18-22,32H,1-4,6,8-12,14,27H2,(H,29,33)(H,30,34)(H,35,36)(H,37,38)/t16-,18-,19+,20-,21-,22+/m0/s1. The van der Waals surface area contributed by atoms with Crippen molar-refractivity contribution in [1.29, 1.82) is 0 Å². The summed E-state index contributed by atoms with van der Waals surface area (Å²) in [7, 11) is 0. The molecule has 1 saturated carbocycles. The lowest BCUT2D eigenvalue weighted by Gasteiger charge is -2.36. The number of carboxylic acid groups (broad SMARTS) is 2. The number of pyridine rings is 1. The maximum Gasteiger partial charge on any atom is 0.326 e. The molecule has 3 rings (SSSR count). The summed E-state index contributed by atoms with van der Waals surface area (Å²) in [6, 6.07) is -0.0258. The van der Waals surface area contributed by atoms with Crippen molar-refractivity contribution in [3.05, 3.63) is 30.1 Å². The molecule has 38 heavy (non-hydrogen) atoms. The quantitative estimate of drug-likeness (QED) is 0.185. The van der Waals surface area contributed by atoms with E-state index in [-0.39, 0.29) is 36.8 Å². The molecule has 0 aromatic carbocycles. The molecular weight excluding hydrogens is 494 g/mol. The van der Waals surface area contributed by atoms with E-state index in [1.54, 1.807) is 17.0 Å². The predicted molar refractivity (Wildman–Crippen MR) is 137 cm³/mol. The van der Waals surface area contributed by atoms with Gasteiger partial charge >= 0.3 is 11.9 Å². The van der Waals surface area contributed by atoms with Gasteiger partial charge in [0, 0.05) is 18.4 Å². The van der Waals surface area contributed by atoms with E-state index in [0.717, 1.165) is 25.7 Å². The molecule has 2 heterocycles. The van der Waals surface area contributed by atoms with Crippen LogP contribution in [0.3, 0.4) is 0 Å². The zero-order valence-corrected chi connectivity index (χ0v) is 21.5. The molecule has 2 fully saturated rings. The van der Waals surface area contributed by atoms with Crippen molar-refractivity contribution in [3.63, 3.8) is 0 Å². The zero-order valence-electron chi connectivity index (χ0n) is 21.5. The van der Waals surface area contributed by atoms with E-state index in [2.05, 4.69) is 15.6 Å². The second-order valence-electron chi connectivity index (χ2n) is 10.2. The van der Waals surface area contributed by atoms with Crippen molar-refractivity contribution in [2.75, 3.05) is 6.54 Å². The van der Waals surface area contributed by atoms with E-state index in [0.29, 0.717) is 25.8 Å². The summed E-state index contributed by atoms with van der Waals surface area (Å²) < 4.78 is 0. The van der Waals surface area contributed by atoms with Gasteiger partial charge in [-0.1, -0.05) is 12.8 Å². The van der Waals surface area contributed by atoms with Crippen LogP contribution in [0, 0.1) is 5.92 Å². The van der Waals surface area contributed by atoms with Crippen molar-refractivity contribution < 1.29 is 34.5 Å². The number of aliphatic hydroxyl groups is 1. The highest BCUT2D eigenvalue weighted by Crippen LogP contribution is 2.41. The average molecular weight is 534 g/mol.